The van der Waals surface area contributed by atoms with Gasteiger partial charge in [-0.15, -0.1) is 0 Å². The van der Waals surface area contributed by atoms with Gasteiger partial charge in [0.1, 0.15) is 0 Å². The largest absolute Gasteiger partial charge is 0.481 e. The highest BCUT2D eigenvalue weighted by atomic mass is 16.4. The zero-order valence-corrected chi connectivity index (χ0v) is 16.4. The number of carboxylic acids is 1. The van der Waals surface area contributed by atoms with Crippen molar-refractivity contribution in [2.45, 2.75) is 103 Å². The van der Waals surface area contributed by atoms with Crippen LogP contribution in [-0.2, 0) is 4.79 Å². The molecule has 0 unspecified atom stereocenters. The molecule has 0 saturated heterocycles. The van der Waals surface area contributed by atoms with Gasteiger partial charge in [-0.3, -0.25) is 4.79 Å². The summed E-state index contributed by atoms with van der Waals surface area (Å²) in [4.78, 5) is 10.4. The standard InChI is InChI=1S/C23H40O2/c1-2-3-4-5-6-7-8-9-10-11-12-13-14-15-16-17-18-19-20-21-22-23(24)25/h8-9,11-12,14-15H,2-7,10,13,16-22H2,1H3,(H,24,25). The summed E-state index contributed by atoms with van der Waals surface area (Å²) in [6.07, 6.45) is 30.7. The molecule has 0 saturated carbocycles. The van der Waals surface area contributed by atoms with Crippen LogP contribution in [0.4, 0.5) is 0 Å². The van der Waals surface area contributed by atoms with Crippen molar-refractivity contribution < 1.29 is 9.90 Å². The van der Waals surface area contributed by atoms with Crippen molar-refractivity contribution >= 4 is 5.97 Å². The highest BCUT2D eigenvalue weighted by molar-refractivity contribution is 5.66. The van der Waals surface area contributed by atoms with E-state index in [9.17, 15) is 4.79 Å². The van der Waals surface area contributed by atoms with Gasteiger partial charge in [0.05, 0.1) is 0 Å². The van der Waals surface area contributed by atoms with Crippen LogP contribution in [0.2, 0.25) is 0 Å². The molecule has 0 atom stereocenters. The van der Waals surface area contributed by atoms with Gasteiger partial charge in [-0.05, 0) is 44.9 Å². The Morgan fingerprint density at radius 2 is 1.08 bits per heavy atom. The molecule has 144 valence electrons. The SMILES string of the molecule is CCCCCCCC=CCC=CCC=CCCCCCCCC(=O)O. The number of unbranched alkanes of at least 4 members (excludes halogenated alkanes) is 10. The minimum absolute atomic E-state index is 0.320. The van der Waals surface area contributed by atoms with Crippen LogP contribution >= 0.6 is 0 Å². The topological polar surface area (TPSA) is 37.3 Å². The number of hydrogen-bond acceptors (Lipinski definition) is 1. The van der Waals surface area contributed by atoms with Crippen LogP contribution in [-0.4, -0.2) is 11.1 Å². The van der Waals surface area contributed by atoms with Crippen molar-refractivity contribution in [3.05, 3.63) is 36.5 Å². The van der Waals surface area contributed by atoms with Gasteiger partial charge in [-0.25, -0.2) is 0 Å². The fraction of sp³-hybridized carbons (Fsp3) is 0.696. The first-order valence-electron chi connectivity index (χ1n) is 10.4. The molecular weight excluding hydrogens is 308 g/mol. The van der Waals surface area contributed by atoms with E-state index in [1.807, 2.05) is 0 Å². The van der Waals surface area contributed by atoms with Crippen LogP contribution in [0, 0.1) is 0 Å². The lowest BCUT2D eigenvalue weighted by atomic mass is 10.1. The minimum Gasteiger partial charge on any atom is -0.481 e. The van der Waals surface area contributed by atoms with E-state index in [2.05, 4.69) is 43.4 Å². The zero-order valence-electron chi connectivity index (χ0n) is 16.4. The first kappa shape index (κ1) is 23.7. The van der Waals surface area contributed by atoms with Gasteiger partial charge in [0.2, 0.25) is 0 Å². The van der Waals surface area contributed by atoms with Crippen LogP contribution in [0.3, 0.4) is 0 Å². The lowest BCUT2D eigenvalue weighted by Crippen LogP contribution is -1.93. The fourth-order valence-corrected chi connectivity index (χ4v) is 2.71. The zero-order chi connectivity index (χ0) is 18.4. The van der Waals surface area contributed by atoms with E-state index in [1.165, 1.54) is 51.4 Å². The Labute approximate surface area is 156 Å². The number of rotatable bonds is 18. The van der Waals surface area contributed by atoms with E-state index in [1.54, 1.807) is 0 Å². The van der Waals surface area contributed by atoms with Crippen molar-refractivity contribution in [3.63, 3.8) is 0 Å². The summed E-state index contributed by atoms with van der Waals surface area (Å²) in [6.45, 7) is 2.26. The lowest BCUT2D eigenvalue weighted by molar-refractivity contribution is -0.137. The third kappa shape index (κ3) is 22.7. The first-order valence-corrected chi connectivity index (χ1v) is 10.4. The summed E-state index contributed by atoms with van der Waals surface area (Å²) in [5.41, 5.74) is 0. The molecule has 0 aromatic carbocycles. The number of carboxylic acid groups (broad SMARTS) is 1. The van der Waals surface area contributed by atoms with Crippen molar-refractivity contribution in [3.8, 4) is 0 Å². The van der Waals surface area contributed by atoms with Gasteiger partial charge in [-0.1, -0.05) is 88.3 Å². The van der Waals surface area contributed by atoms with Crippen molar-refractivity contribution in [2.24, 2.45) is 0 Å². The molecule has 2 heteroatoms. The van der Waals surface area contributed by atoms with Crippen LogP contribution < -0.4 is 0 Å². The molecule has 0 aromatic rings. The van der Waals surface area contributed by atoms with Crippen LogP contribution in [0.5, 0.6) is 0 Å². The summed E-state index contributed by atoms with van der Waals surface area (Å²) in [5.74, 6) is -0.672. The molecule has 0 amide bonds. The molecule has 0 aliphatic heterocycles. The molecule has 0 spiro atoms. The average Bonchev–Trinajstić information content (AvgIpc) is 2.60. The molecule has 0 aliphatic carbocycles. The van der Waals surface area contributed by atoms with Gasteiger partial charge < -0.3 is 5.11 Å². The fourth-order valence-electron chi connectivity index (χ4n) is 2.71. The minimum atomic E-state index is -0.672. The number of hydrogen-bond donors (Lipinski definition) is 1. The predicted molar refractivity (Wildman–Crippen MR) is 110 cm³/mol. The Morgan fingerprint density at radius 3 is 1.60 bits per heavy atom. The predicted octanol–water partition coefficient (Wildman–Crippen LogP) is 7.61. The second-order valence-electron chi connectivity index (χ2n) is 6.79. The van der Waals surface area contributed by atoms with Crippen LogP contribution in [0.15, 0.2) is 36.5 Å². The Bertz CT molecular complexity index is 366. The normalized spacial score (nSPS) is 12.0. The number of aliphatic carboxylic acids is 1. The average molecular weight is 349 g/mol. The molecule has 1 N–H and O–H groups in total. The monoisotopic (exact) mass is 348 g/mol. The van der Waals surface area contributed by atoms with Crippen molar-refractivity contribution in [1.82, 2.24) is 0 Å². The number of allylic oxidation sites excluding steroid dienone is 6. The molecule has 0 heterocycles. The Morgan fingerprint density at radius 1 is 0.640 bits per heavy atom. The van der Waals surface area contributed by atoms with E-state index < -0.39 is 5.97 Å². The molecule has 0 aliphatic rings. The first-order chi connectivity index (χ1) is 12.3. The summed E-state index contributed by atoms with van der Waals surface area (Å²) in [6, 6.07) is 0. The van der Waals surface area contributed by atoms with Crippen molar-refractivity contribution in [2.75, 3.05) is 0 Å². The maximum absolute atomic E-state index is 10.4. The van der Waals surface area contributed by atoms with Gasteiger partial charge >= 0.3 is 5.97 Å². The highest BCUT2D eigenvalue weighted by Gasteiger charge is 1.95. The Kier molecular flexibility index (Phi) is 19.6. The number of carbonyl (C=O) groups is 1. The van der Waals surface area contributed by atoms with Crippen LogP contribution in [0.25, 0.3) is 0 Å². The van der Waals surface area contributed by atoms with Gasteiger partial charge in [0.25, 0.3) is 0 Å². The quantitative estimate of drug-likeness (QED) is 0.204. The summed E-state index contributed by atoms with van der Waals surface area (Å²) < 4.78 is 0. The Hall–Kier alpha value is -1.31. The third-order valence-electron chi connectivity index (χ3n) is 4.28. The summed E-state index contributed by atoms with van der Waals surface area (Å²) in [5, 5.41) is 8.55. The van der Waals surface area contributed by atoms with E-state index in [0.717, 1.165) is 38.5 Å². The summed E-state index contributed by atoms with van der Waals surface area (Å²) in [7, 11) is 0. The second-order valence-corrected chi connectivity index (χ2v) is 6.79. The highest BCUT2D eigenvalue weighted by Crippen LogP contribution is 2.08. The molecule has 0 aromatic heterocycles. The molecule has 25 heavy (non-hydrogen) atoms. The molecule has 0 fully saturated rings. The molecule has 2 nitrogen and oxygen atoms in total. The smallest absolute Gasteiger partial charge is 0.303 e. The Balaban J connectivity index is 3.27. The van der Waals surface area contributed by atoms with Crippen molar-refractivity contribution in [1.29, 1.82) is 0 Å². The van der Waals surface area contributed by atoms with Gasteiger partial charge in [-0.2, -0.15) is 0 Å². The van der Waals surface area contributed by atoms with E-state index >= 15 is 0 Å². The van der Waals surface area contributed by atoms with Gasteiger partial charge in [0.15, 0.2) is 0 Å². The van der Waals surface area contributed by atoms with Crippen LogP contribution in [0.1, 0.15) is 103 Å². The van der Waals surface area contributed by atoms with E-state index in [4.69, 9.17) is 5.11 Å². The third-order valence-corrected chi connectivity index (χ3v) is 4.28. The lowest BCUT2D eigenvalue weighted by Gasteiger charge is -1.98. The van der Waals surface area contributed by atoms with E-state index in [-0.39, 0.29) is 0 Å². The second kappa shape index (κ2) is 20.7. The molecule has 0 radical (unpaired) electrons. The summed E-state index contributed by atoms with van der Waals surface area (Å²) >= 11 is 0. The molecule has 0 rings (SSSR count). The molecule has 0 bridgehead atoms. The maximum Gasteiger partial charge on any atom is 0.303 e. The van der Waals surface area contributed by atoms with E-state index in [0.29, 0.717) is 6.42 Å². The maximum atomic E-state index is 10.4. The van der Waals surface area contributed by atoms with Gasteiger partial charge in [0, 0.05) is 6.42 Å². The molecular formula is C23H40O2.